The van der Waals surface area contributed by atoms with E-state index in [1.54, 1.807) is 37.8 Å². The van der Waals surface area contributed by atoms with Gasteiger partial charge in [0.05, 0.1) is 19.2 Å². The van der Waals surface area contributed by atoms with Crippen LogP contribution >= 0.6 is 0 Å². The molecule has 0 saturated carbocycles. The van der Waals surface area contributed by atoms with Gasteiger partial charge in [0.1, 0.15) is 17.5 Å². The Morgan fingerprint density at radius 1 is 1.09 bits per heavy atom. The molecule has 7 nitrogen and oxygen atoms in total. The lowest BCUT2D eigenvalue weighted by atomic mass is 9.87. The topological polar surface area (TPSA) is 79.3 Å². The molecule has 3 atom stereocenters. The van der Waals surface area contributed by atoms with Gasteiger partial charge in [-0.25, -0.2) is 9.18 Å². The molecular formula is C26H31FN2O5. The lowest BCUT2D eigenvalue weighted by molar-refractivity contribution is -0.152. The van der Waals surface area contributed by atoms with Crippen molar-refractivity contribution in [2.45, 2.75) is 51.0 Å². The Kier molecular flexibility index (Phi) is 6.91. The van der Waals surface area contributed by atoms with E-state index in [-0.39, 0.29) is 31.4 Å². The number of benzene rings is 2. The number of β-amino-alcohol motifs (C(OH)–C–C–N with tert-alkyl or cyclic N) is 1. The van der Waals surface area contributed by atoms with Crippen LogP contribution in [0.2, 0.25) is 0 Å². The van der Waals surface area contributed by atoms with Crippen molar-refractivity contribution in [3.05, 3.63) is 71.0 Å². The summed E-state index contributed by atoms with van der Waals surface area (Å²) in [4.78, 5) is 29.3. The van der Waals surface area contributed by atoms with Crippen molar-refractivity contribution in [3.8, 4) is 0 Å². The number of aliphatic hydroxyl groups is 1. The molecule has 0 spiro atoms. The van der Waals surface area contributed by atoms with Crippen LogP contribution in [-0.4, -0.2) is 71.0 Å². The minimum absolute atomic E-state index is 0.0725. The number of aliphatic hydroxyl groups excluding tert-OH is 1. The maximum absolute atomic E-state index is 13.7. The first-order chi connectivity index (χ1) is 16.1. The molecule has 2 unspecified atom stereocenters. The first-order valence-electron chi connectivity index (χ1n) is 11.6. The predicted molar refractivity (Wildman–Crippen MR) is 124 cm³/mol. The molecule has 0 bridgehead atoms. The average molecular weight is 471 g/mol. The summed E-state index contributed by atoms with van der Waals surface area (Å²) in [6.07, 6.45) is -2.24. The second-order valence-corrected chi connectivity index (χ2v) is 9.72. The summed E-state index contributed by atoms with van der Waals surface area (Å²) in [5, 5.41) is 10.9. The minimum Gasteiger partial charge on any atom is -0.444 e. The average Bonchev–Trinajstić information content (AvgIpc) is 2.99. The number of carbonyl (C=O) groups is 2. The van der Waals surface area contributed by atoms with Crippen LogP contribution in [0.25, 0.3) is 0 Å². The van der Waals surface area contributed by atoms with E-state index in [2.05, 4.69) is 0 Å². The Morgan fingerprint density at radius 2 is 1.79 bits per heavy atom. The Labute approximate surface area is 199 Å². The number of hydrogen-bond donors (Lipinski definition) is 1. The van der Waals surface area contributed by atoms with E-state index in [0.29, 0.717) is 13.0 Å². The predicted octanol–water partition coefficient (Wildman–Crippen LogP) is 3.30. The number of amides is 2. The fourth-order valence-corrected chi connectivity index (χ4v) is 4.51. The quantitative estimate of drug-likeness (QED) is 0.729. The molecule has 182 valence electrons. The van der Waals surface area contributed by atoms with Gasteiger partial charge in [0.15, 0.2) is 6.10 Å². The number of fused-ring (bicyclic) bond motifs is 1. The Balaban J connectivity index is 1.58. The van der Waals surface area contributed by atoms with Gasteiger partial charge in [0.25, 0.3) is 5.91 Å². The zero-order chi connectivity index (χ0) is 24.5. The number of nitrogens with zero attached hydrogens (tertiary/aromatic N) is 2. The monoisotopic (exact) mass is 470 g/mol. The lowest BCUT2D eigenvalue weighted by Gasteiger charge is -2.40. The van der Waals surface area contributed by atoms with Gasteiger partial charge >= 0.3 is 6.09 Å². The third kappa shape index (κ3) is 5.23. The molecule has 1 N–H and O–H groups in total. The molecule has 8 heteroatoms. The standard InChI is InChI=1S/C26H31FN2O5/c1-26(2,3)34-25(32)28-14-15-33-23(21(30)16-28)24(31)29-13-12-17-6-4-5-7-20(17)22(29)18-8-10-19(27)11-9-18/h4-11,21-23,30H,12-16H2,1-3H3/t21?,22-,23?/m0/s1. The van der Waals surface area contributed by atoms with E-state index in [0.717, 1.165) is 16.7 Å². The van der Waals surface area contributed by atoms with Gasteiger partial charge in [-0.2, -0.15) is 0 Å². The summed E-state index contributed by atoms with van der Waals surface area (Å²) in [5.74, 6) is -0.710. The third-order valence-electron chi connectivity index (χ3n) is 6.06. The highest BCUT2D eigenvalue weighted by Crippen LogP contribution is 2.36. The minimum atomic E-state index is -1.21. The summed E-state index contributed by atoms with van der Waals surface area (Å²) in [6, 6.07) is 13.6. The van der Waals surface area contributed by atoms with Crippen molar-refractivity contribution in [1.82, 2.24) is 9.80 Å². The number of hydrogen-bond acceptors (Lipinski definition) is 5. The Hall–Kier alpha value is -2.97. The van der Waals surface area contributed by atoms with Crippen LogP contribution in [0.4, 0.5) is 9.18 Å². The largest absolute Gasteiger partial charge is 0.444 e. The van der Waals surface area contributed by atoms with Gasteiger partial charge < -0.3 is 24.4 Å². The number of rotatable bonds is 2. The first kappa shape index (κ1) is 24.2. The summed E-state index contributed by atoms with van der Waals surface area (Å²) in [6.45, 7) is 5.97. The zero-order valence-corrected chi connectivity index (χ0v) is 19.7. The van der Waals surface area contributed by atoms with E-state index in [9.17, 15) is 19.1 Å². The summed E-state index contributed by atoms with van der Waals surface area (Å²) in [7, 11) is 0. The molecule has 2 heterocycles. The lowest BCUT2D eigenvalue weighted by Crippen LogP contribution is -2.51. The fraction of sp³-hybridized carbons (Fsp3) is 0.462. The summed E-state index contributed by atoms with van der Waals surface area (Å²) in [5.41, 5.74) is 2.19. The molecular weight excluding hydrogens is 439 g/mol. The molecule has 2 aliphatic rings. The van der Waals surface area contributed by atoms with Crippen molar-refractivity contribution < 1.29 is 28.6 Å². The van der Waals surface area contributed by atoms with Crippen LogP contribution in [0.3, 0.4) is 0 Å². The van der Waals surface area contributed by atoms with Crippen LogP contribution in [0.1, 0.15) is 43.5 Å². The van der Waals surface area contributed by atoms with Crippen LogP contribution in [0, 0.1) is 5.82 Å². The van der Waals surface area contributed by atoms with Crippen molar-refractivity contribution in [1.29, 1.82) is 0 Å². The molecule has 1 saturated heterocycles. The van der Waals surface area contributed by atoms with Crippen molar-refractivity contribution in [2.24, 2.45) is 0 Å². The number of carbonyl (C=O) groups excluding carboxylic acids is 2. The maximum atomic E-state index is 13.7. The normalized spacial score (nSPS) is 23.1. The van der Waals surface area contributed by atoms with Crippen molar-refractivity contribution >= 4 is 12.0 Å². The van der Waals surface area contributed by atoms with Gasteiger partial charge in [0, 0.05) is 13.1 Å². The summed E-state index contributed by atoms with van der Waals surface area (Å²) < 4.78 is 24.8. The first-order valence-corrected chi connectivity index (χ1v) is 11.6. The fourth-order valence-electron chi connectivity index (χ4n) is 4.51. The van der Waals surface area contributed by atoms with Crippen LogP contribution in [0.5, 0.6) is 0 Å². The van der Waals surface area contributed by atoms with Gasteiger partial charge in [-0.15, -0.1) is 0 Å². The molecule has 0 aliphatic carbocycles. The second kappa shape index (κ2) is 9.72. The van der Waals surface area contributed by atoms with E-state index >= 15 is 0 Å². The molecule has 2 aromatic rings. The van der Waals surface area contributed by atoms with E-state index in [1.165, 1.54) is 17.0 Å². The molecule has 1 fully saturated rings. The molecule has 2 aliphatic heterocycles. The molecule has 2 amide bonds. The Morgan fingerprint density at radius 3 is 2.50 bits per heavy atom. The molecule has 0 aromatic heterocycles. The SMILES string of the molecule is CC(C)(C)OC(=O)N1CCOC(C(=O)N2CCc3ccccc3[C@@H]2c2ccc(F)cc2)C(O)C1. The highest BCUT2D eigenvalue weighted by Gasteiger charge is 2.41. The molecule has 34 heavy (non-hydrogen) atoms. The third-order valence-corrected chi connectivity index (χ3v) is 6.06. The number of ether oxygens (including phenoxy) is 2. The Bertz CT molecular complexity index is 1040. The van der Waals surface area contributed by atoms with Crippen LogP contribution < -0.4 is 0 Å². The van der Waals surface area contributed by atoms with E-state index in [4.69, 9.17) is 9.47 Å². The van der Waals surface area contributed by atoms with Gasteiger partial charge in [-0.3, -0.25) is 4.79 Å². The molecule has 0 radical (unpaired) electrons. The highest BCUT2D eigenvalue weighted by molar-refractivity contribution is 5.83. The second-order valence-electron chi connectivity index (χ2n) is 9.72. The molecule has 4 rings (SSSR count). The van der Waals surface area contributed by atoms with Crippen LogP contribution in [-0.2, 0) is 20.7 Å². The van der Waals surface area contributed by atoms with Gasteiger partial charge in [0.2, 0.25) is 0 Å². The van der Waals surface area contributed by atoms with Gasteiger partial charge in [-0.05, 0) is 56.0 Å². The van der Waals surface area contributed by atoms with Crippen molar-refractivity contribution in [3.63, 3.8) is 0 Å². The van der Waals surface area contributed by atoms with Crippen molar-refractivity contribution in [2.75, 3.05) is 26.2 Å². The number of halogens is 1. The summed E-state index contributed by atoms with van der Waals surface area (Å²) >= 11 is 0. The smallest absolute Gasteiger partial charge is 0.410 e. The highest BCUT2D eigenvalue weighted by atomic mass is 19.1. The van der Waals surface area contributed by atoms with Crippen LogP contribution in [0.15, 0.2) is 48.5 Å². The van der Waals surface area contributed by atoms with E-state index in [1.807, 2.05) is 24.3 Å². The van der Waals surface area contributed by atoms with E-state index < -0.39 is 29.9 Å². The molecule has 2 aromatic carbocycles. The maximum Gasteiger partial charge on any atom is 0.410 e. The van der Waals surface area contributed by atoms with Gasteiger partial charge in [-0.1, -0.05) is 36.4 Å². The zero-order valence-electron chi connectivity index (χ0n) is 19.7.